The lowest BCUT2D eigenvalue weighted by atomic mass is 10.0. The Kier molecular flexibility index (Phi) is 6.12. The molecule has 0 saturated carbocycles. The Labute approximate surface area is 170 Å². The number of hydrogen-bond acceptors (Lipinski definition) is 5. The van der Waals surface area contributed by atoms with E-state index in [1.165, 1.54) is 0 Å². The van der Waals surface area contributed by atoms with Crippen LogP contribution in [0.4, 0.5) is 4.79 Å². The van der Waals surface area contributed by atoms with Crippen molar-refractivity contribution < 1.29 is 14.3 Å². The second kappa shape index (κ2) is 8.73. The number of hydrogen-bond donors (Lipinski definition) is 1. The molecule has 0 bridgehead atoms. The Morgan fingerprint density at radius 2 is 1.79 bits per heavy atom. The topological polar surface area (TPSA) is 73.3 Å². The minimum atomic E-state index is -0.537. The van der Waals surface area contributed by atoms with E-state index in [0.29, 0.717) is 0 Å². The van der Waals surface area contributed by atoms with E-state index in [9.17, 15) is 4.79 Å². The lowest BCUT2D eigenvalue weighted by molar-refractivity contribution is 0.0523. The van der Waals surface area contributed by atoms with Gasteiger partial charge in [0.1, 0.15) is 11.4 Å². The SMILES string of the molecule is COc1ccc(-c2ccnc(CNC(=O)OC(C)(C)C)c2)cc1-c1ccccn1. The zero-order chi connectivity index (χ0) is 20.9. The summed E-state index contributed by atoms with van der Waals surface area (Å²) < 4.78 is 10.8. The quantitative estimate of drug-likeness (QED) is 0.673. The first kappa shape index (κ1) is 20.3. The average molecular weight is 391 g/mol. The number of alkyl carbamates (subject to hydrolysis) is 1. The van der Waals surface area contributed by atoms with Gasteiger partial charge in [-0.3, -0.25) is 9.97 Å². The van der Waals surface area contributed by atoms with Gasteiger partial charge in [0.2, 0.25) is 0 Å². The van der Waals surface area contributed by atoms with Crippen LogP contribution in [0.15, 0.2) is 60.9 Å². The van der Waals surface area contributed by atoms with Crippen LogP contribution in [-0.4, -0.2) is 28.8 Å². The third kappa shape index (κ3) is 5.54. The summed E-state index contributed by atoms with van der Waals surface area (Å²) >= 11 is 0. The van der Waals surface area contributed by atoms with Crippen LogP contribution in [0.1, 0.15) is 26.5 Å². The molecular formula is C23H25N3O3. The van der Waals surface area contributed by atoms with Gasteiger partial charge >= 0.3 is 6.09 Å². The average Bonchev–Trinajstić information content (AvgIpc) is 2.71. The summed E-state index contributed by atoms with van der Waals surface area (Å²) in [6, 6.07) is 15.6. The fourth-order valence-electron chi connectivity index (χ4n) is 2.84. The molecule has 29 heavy (non-hydrogen) atoms. The molecule has 0 aliphatic carbocycles. The Hall–Kier alpha value is -3.41. The second-order valence-corrected chi connectivity index (χ2v) is 7.52. The Balaban J connectivity index is 1.83. The van der Waals surface area contributed by atoms with Crippen molar-refractivity contribution in [2.45, 2.75) is 32.9 Å². The number of aromatic nitrogens is 2. The molecule has 0 unspecified atom stereocenters. The van der Waals surface area contributed by atoms with Crippen LogP contribution in [0.5, 0.6) is 5.75 Å². The van der Waals surface area contributed by atoms with Crippen LogP contribution in [0, 0.1) is 0 Å². The van der Waals surface area contributed by atoms with E-state index in [1.807, 2.05) is 69.3 Å². The van der Waals surface area contributed by atoms with Gasteiger partial charge in [0.15, 0.2) is 0 Å². The summed E-state index contributed by atoms with van der Waals surface area (Å²) in [4.78, 5) is 20.7. The van der Waals surface area contributed by atoms with E-state index in [0.717, 1.165) is 33.8 Å². The maximum atomic E-state index is 11.9. The highest BCUT2D eigenvalue weighted by Crippen LogP contribution is 2.33. The minimum Gasteiger partial charge on any atom is -0.496 e. The largest absolute Gasteiger partial charge is 0.496 e. The predicted molar refractivity (Wildman–Crippen MR) is 113 cm³/mol. The first-order chi connectivity index (χ1) is 13.9. The van der Waals surface area contributed by atoms with Crippen molar-refractivity contribution in [2.24, 2.45) is 0 Å². The highest BCUT2D eigenvalue weighted by Gasteiger charge is 2.16. The molecule has 2 aromatic heterocycles. The molecule has 6 nitrogen and oxygen atoms in total. The van der Waals surface area contributed by atoms with Crippen LogP contribution in [0.2, 0.25) is 0 Å². The van der Waals surface area contributed by atoms with Gasteiger partial charge in [-0.1, -0.05) is 12.1 Å². The molecule has 150 valence electrons. The van der Waals surface area contributed by atoms with Gasteiger partial charge in [-0.05, 0) is 68.3 Å². The molecule has 3 rings (SSSR count). The number of nitrogens with one attached hydrogen (secondary N) is 1. The van der Waals surface area contributed by atoms with Crippen molar-refractivity contribution in [1.82, 2.24) is 15.3 Å². The fraction of sp³-hybridized carbons (Fsp3) is 0.261. The smallest absolute Gasteiger partial charge is 0.407 e. The van der Waals surface area contributed by atoms with Crippen molar-refractivity contribution in [3.05, 3.63) is 66.6 Å². The molecule has 2 heterocycles. The molecule has 0 aliphatic heterocycles. The maximum Gasteiger partial charge on any atom is 0.407 e. The van der Waals surface area contributed by atoms with Crippen molar-refractivity contribution in [2.75, 3.05) is 7.11 Å². The lowest BCUT2D eigenvalue weighted by Crippen LogP contribution is -2.32. The number of amides is 1. The van der Waals surface area contributed by atoms with E-state index in [-0.39, 0.29) is 6.54 Å². The van der Waals surface area contributed by atoms with Crippen molar-refractivity contribution in [1.29, 1.82) is 0 Å². The Morgan fingerprint density at radius 3 is 2.48 bits per heavy atom. The summed E-state index contributed by atoms with van der Waals surface area (Å²) in [7, 11) is 1.65. The number of carbonyl (C=O) groups is 1. The fourth-order valence-corrected chi connectivity index (χ4v) is 2.84. The van der Waals surface area contributed by atoms with Crippen LogP contribution < -0.4 is 10.1 Å². The van der Waals surface area contributed by atoms with Crippen LogP contribution >= 0.6 is 0 Å². The number of pyridine rings is 2. The molecule has 0 spiro atoms. The van der Waals surface area contributed by atoms with Gasteiger partial charge in [0, 0.05) is 18.0 Å². The molecular weight excluding hydrogens is 366 g/mol. The van der Waals surface area contributed by atoms with Crippen molar-refractivity contribution in [3.8, 4) is 28.1 Å². The lowest BCUT2D eigenvalue weighted by Gasteiger charge is -2.19. The van der Waals surface area contributed by atoms with E-state index < -0.39 is 11.7 Å². The number of ether oxygens (including phenoxy) is 2. The third-order valence-electron chi connectivity index (χ3n) is 4.10. The molecule has 6 heteroatoms. The van der Waals surface area contributed by atoms with Gasteiger partial charge < -0.3 is 14.8 Å². The molecule has 0 saturated heterocycles. The van der Waals surface area contributed by atoms with Gasteiger partial charge in [-0.15, -0.1) is 0 Å². The number of nitrogens with zero attached hydrogens (tertiary/aromatic N) is 2. The predicted octanol–water partition coefficient (Wildman–Crippen LogP) is 4.84. The van der Waals surface area contributed by atoms with E-state index in [2.05, 4.69) is 15.3 Å². The highest BCUT2D eigenvalue weighted by atomic mass is 16.6. The van der Waals surface area contributed by atoms with Crippen LogP contribution in [0.25, 0.3) is 22.4 Å². The van der Waals surface area contributed by atoms with Crippen LogP contribution in [0.3, 0.4) is 0 Å². The third-order valence-corrected chi connectivity index (χ3v) is 4.10. The zero-order valence-electron chi connectivity index (χ0n) is 17.1. The summed E-state index contributed by atoms with van der Waals surface area (Å²) in [5.41, 5.74) is 3.95. The molecule has 0 aliphatic rings. The monoisotopic (exact) mass is 391 g/mol. The molecule has 1 amide bonds. The highest BCUT2D eigenvalue weighted by molar-refractivity contribution is 5.76. The van der Waals surface area contributed by atoms with E-state index in [1.54, 1.807) is 19.5 Å². The van der Waals surface area contributed by atoms with Gasteiger partial charge in [0.05, 0.1) is 25.0 Å². The Morgan fingerprint density at radius 1 is 1.00 bits per heavy atom. The molecule has 1 N–H and O–H groups in total. The van der Waals surface area contributed by atoms with Gasteiger partial charge in [-0.25, -0.2) is 4.79 Å². The number of carbonyl (C=O) groups excluding carboxylic acids is 1. The molecule has 0 atom stereocenters. The molecule has 3 aromatic rings. The summed E-state index contributed by atoms with van der Waals surface area (Å²) in [5.74, 6) is 0.758. The molecule has 1 aromatic carbocycles. The number of rotatable bonds is 5. The van der Waals surface area contributed by atoms with Gasteiger partial charge in [-0.2, -0.15) is 0 Å². The first-order valence-corrected chi connectivity index (χ1v) is 9.37. The summed E-state index contributed by atoms with van der Waals surface area (Å²) in [6.45, 7) is 5.77. The summed E-state index contributed by atoms with van der Waals surface area (Å²) in [6.07, 6.45) is 3.02. The van der Waals surface area contributed by atoms with Crippen molar-refractivity contribution >= 4 is 6.09 Å². The summed E-state index contributed by atoms with van der Waals surface area (Å²) in [5, 5.41) is 2.74. The number of benzene rings is 1. The number of methoxy groups -OCH3 is 1. The van der Waals surface area contributed by atoms with Crippen LogP contribution in [-0.2, 0) is 11.3 Å². The Bertz CT molecular complexity index is 982. The standard InChI is InChI=1S/C23H25N3O3/c1-23(2,3)29-22(27)26-15-18-13-17(10-12-24-18)16-8-9-21(28-4)19(14-16)20-7-5-6-11-25-20/h5-14H,15H2,1-4H3,(H,26,27). The van der Waals surface area contributed by atoms with Gasteiger partial charge in [0.25, 0.3) is 0 Å². The molecule has 0 fully saturated rings. The van der Waals surface area contributed by atoms with E-state index >= 15 is 0 Å². The van der Waals surface area contributed by atoms with Crippen molar-refractivity contribution in [3.63, 3.8) is 0 Å². The zero-order valence-corrected chi connectivity index (χ0v) is 17.1. The first-order valence-electron chi connectivity index (χ1n) is 9.37. The second-order valence-electron chi connectivity index (χ2n) is 7.52. The minimum absolute atomic E-state index is 0.284. The molecule has 0 radical (unpaired) electrons. The van der Waals surface area contributed by atoms with E-state index in [4.69, 9.17) is 9.47 Å². The maximum absolute atomic E-state index is 11.9. The normalized spacial score (nSPS) is 11.0.